The van der Waals surface area contributed by atoms with Gasteiger partial charge in [-0.05, 0) is 49.2 Å². The fourth-order valence-electron chi connectivity index (χ4n) is 3.99. The number of anilines is 2. The molecule has 12 heteroatoms. The molecule has 4 amide bonds. The van der Waals surface area contributed by atoms with Gasteiger partial charge in [-0.1, -0.05) is 86.8 Å². The van der Waals surface area contributed by atoms with Gasteiger partial charge in [-0.25, -0.2) is 0 Å². The zero-order valence-electron chi connectivity index (χ0n) is 22.0. The summed E-state index contributed by atoms with van der Waals surface area (Å²) in [6.45, 7) is 5.21. The number of carbonyl (C=O) groups is 4. The number of rotatable bonds is 10. The van der Waals surface area contributed by atoms with Gasteiger partial charge in [0, 0.05) is 24.2 Å². The van der Waals surface area contributed by atoms with E-state index in [0.29, 0.717) is 35.6 Å². The standard InChI is InChI=1S/C28H28N4O4S4/c1-3-5-13-29-23(33)17-9-7-11-19(15-17)31-25(35)21(39-27(31)37)22-26(36)32(28(38)40-22)20-12-8-10-18(16-20)24(34)30-14-6-4-2/h7-12,15-16H,3-6,13-14H2,1-2H3,(H,29,33)(H,30,34). The van der Waals surface area contributed by atoms with E-state index >= 15 is 0 Å². The molecule has 0 unspecified atom stereocenters. The summed E-state index contributed by atoms with van der Waals surface area (Å²) >= 11 is 13.1. The topological polar surface area (TPSA) is 98.8 Å². The minimum atomic E-state index is -0.455. The molecule has 4 rings (SSSR count). The van der Waals surface area contributed by atoms with E-state index < -0.39 is 11.8 Å². The Morgan fingerprint density at radius 1 is 0.725 bits per heavy atom. The van der Waals surface area contributed by atoms with Crippen LogP contribution < -0.4 is 20.4 Å². The molecule has 2 saturated heterocycles. The Bertz CT molecular complexity index is 1320. The summed E-state index contributed by atoms with van der Waals surface area (Å²) in [5.41, 5.74) is 1.70. The molecule has 2 fully saturated rings. The van der Waals surface area contributed by atoms with Gasteiger partial charge in [0.15, 0.2) is 8.64 Å². The number of nitrogens with one attached hydrogen (secondary N) is 2. The lowest BCUT2D eigenvalue weighted by atomic mass is 10.1. The van der Waals surface area contributed by atoms with E-state index in [-0.39, 0.29) is 30.3 Å². The summed E-state index contributed by atoms with van der Waals surface area (Å²) in [5, 5.41) is 5.73. The van der Waals surface area contributed by atoms with Crippen LogP contribution in [-0.2, 0) is 9.59 Å². The molecule has 208 valence electrons. The van der Waals surface area contributed by atoms with Gasteiger partial charge in [0.05, 0.1) is 21.2 Å². The van der Waals surface area contributed by atoms with E-state index in [2.05, 4.69) is 10.6 Å². The largest absolute Gasteiger partial charge is 0.352 e. The molecule has 0 saturated carbocycles. The lowest BCUT2D eigenvalue weighted by Gasteiger charge is -2.16. The molecular formula is C28H28N4O4S4. The maximum atomic E-state index is 13.5. The molecule has 2 aromatic carbocycles. The third-order valence-corrected chi connectivity index (χ3v) is 8.98. The van der Waals surface area contributed by atoms with Crippen molar-refractivity contribution < 1.29 is 19.2 Å². The molecule has 2 aromatic rings. The van der Waals surface area contributed by atoms with Gasteiger partial charge in [0.25, 0.3) is 23.6 Å². The molecule has 0 radical (unpaired) electrons. The van der Waals surface area contributed by atoms with E-state index in [4.69, 9.17) is 24.4 Å². The second-order valence-electron chi connectivity index (χ2n) is 8.99. The molecule has 0 bridgehead atoms. The molecule has 40 heavy (non-hydrogen) atoms. The first-order valence-electron chi connectivity index (χ1n) is 12.9. The van der Waals surface area contributed by atoms with Crippen molar-refractivity contribution in [2.75, 3.05) is 22.9 Å². The van der Waals surface area contributed by atoms with Gasteiger partial charge < -0.3 is 10.6 Å². The Balaban J connectivity index is 1.56. The molecule has 0 spiro atoms. The third kappa shape index (κ3) is 6.46. The maximum absolute atomic E-state index is 13.5. The van der Waals surface area contributed by atoms with Crippen molar-refractivity contribution in [2.45, 2.75) is 39.5 Å². The van der Waals surface area contributed by atoms with Gasteiger partial charge in [0.2, 0.25) is 0 Å². The van der Waals surface area contributed by atoms with Crippen LogP contribution in [0, 0.1) is 0 Å². The second-order valence-corrected chi connectivity index (χ2v) is 12.3. The predicted molar refractivity (Wildman–Crippen MR) is 170 cm³/mol. The zero-order valence-corrected chi connectivity index (χ0v) is 25.3. The van der Waals surface area contributed by atoms with Gasteiger partial charge in [-0.15, -0.1) is 0 Å². The number of hydrogen-bond donors (Lipinski definition) is 2. The molecule has 8 nitrogen and oxygen atoms in total. The Labute approximate surface area is 252 Å². The van der Waals surface area contributed by atoms with Crippen LogP contribution in [0.15, 0.2) is 58.3 Å². The second kappa shape index (κ2) is 13.5. The molecule has 2 aliphatic rings. The van der Waals surface area contributed by atoms with E-state index in [1.54, 1.807) is 48.5 Å². The molecule has 2 N–H and O–H groups in total. The number of unbranched alkanes of at least 4 members (excludes halogenated alkanes) is 2. The average molecular weight is 613 g/mol. The summed E-state index contributed by atoms with van der Waals surface area (Å²) in [6.07, 6.45) is 3.66. The van der Waals surface area contributed by atoms with Crippen LogP contribution in [0.5, 0.6) is 0 Å². The molecule has 2 aliphatic heterocycles. The summed E-state index contributed by atoms with van der Waals surface area (Å²) in [7, 11) is 0. The first-order valence-corrected chi connectivity index (χ1v) is 15.3. The van der Waals surface area contributed by atoms with Gasteiger partial charge in [0.1, 0.15) is 0 Å². The highest BCUT2D eigenvalue weighted by molar-refractivity contribution is 8.30. The van der Waals surface area contributed by atoms with Gasteiger partial charge in [-0.3, -0.25) is 29.0 Å². The number of hydrogen-bond acceptors (Lipinski definition) is 8. The molecule has 0 aliphatic carbocycles. The van der Waals surface area contributed by atoms with Crippen molar-refractivity contribution in [2.24, 2.45) is 0 Å². The van der Waals surface area contributed by atoms with E-state index in [1.165, 1.54) is 9.80 Å². The molecular weight excluding hydrogens is 585 g/mol. The fraction of sp³-hybridized carbons (Fsp3) is 0.286. The van der Waals surface area contributed by atoms with E-state index in [0.717, 1.165) is 49.2 Å². The van der Waals surface area contributed by atoms with Crippen molar-refractivity contribution in [1.29, 1.82) is 0 Å². The van der Waals surface area contributed by atoms with Crippen LogP contribution >= 0.6 is 48.0 Å². The fourth-order valence-corrected chi connectivity index (χ4v) is 6.74. The zero-order chi connectivity index (χ0) is 28.8. The lowest BCUT2D eigenvalue weighted by molar-refractivity contribution is -0.115. The minimum absolute atomic E-state index is 0.177. The van der Waals surface area contributed by atoms with Crippen LogP contribution in [0.1, 0.15) is 60.2 Å². The van der Waals surface area contributed by atoms with Crippen LogP contribution in [0.4, 0.5) is 11.4 Å². The highest BCUT2D eigenvalue weighted by Crippen LogP contribution is 2.44. The Morgan fingerprint density at radius 3 is 1.50 bits per heavy atom. The number of thioether (sulfide) groups is 2. The van der Waals surface area contributed by atoms with Crippen LogP contribution in [0.3, 0.4) is 0 Å². The third-order valence-electron chi connectivity index (χ3n) is 6.11. The average Bonchev–Trinajstić information content (AvgIpc) is 3.41. The number of benzene rings is 2. The monoisotopic (exact) mass is 612 g/mol. The summed E-state index contributed by atoms with van der Waals surface area (Å²) in [5.74, 6) is -1.38. The van der Waals surface area contributed by atoms with Crippen molar-refractivity contribution in [1.82, 2.24) is 10.6 Å². The number of thiocarbonyl (C=S) groups is 2. The van der Waals surface area contributed by atoms with Crippen molar-refractivity contribution in [3.63, 3.8) is 0 Å². The summed E-state index contributed by atoms with van der Waals surface area (Å²) in [6, 6.07) is 13.3. The smallest absolute Gasteiger partial charge is 0.272 e. The van der Waals surface area contributed by atoms with Crippen molar-refractivity contribution in [3.05, 3.63) is 69.5 Å². The summed E-state index contributed by atoms with van der Waals surface area (Å²) in [4.78, 5) is 55.2. The Morgan fingerprint density at radius 2 is 1.12 bits per heavy atom. The predicted octanol–water partition coefficient (Wildman–Crippen LogP) is 5.39. The van der Waals surface area contributed by atoms with Gasteiger partial charge >= 0.3 is 0 Å². The van der Waals surface area contributed by atoms with Crippen molar-refractivity contribution >= 4 is 91.6 Å². The van der Waals surface area contributed by atoms with E-state index in [1.807, 2.05) is 13.8 Å². The lowest BCUT2D eigenvalue weighted by Crippen LogP contribution is -2.30. The van der Waals surface area contributed by atoms with Crippen molar-refractivity contribution in [3.8, 4) is 0 Å². The Hall–Kier alpha value is -3.06. The van der Waals surface area contributed by atoms with Crippen LogP contribution in [0.2, 0.25) is 0 Å². The normalized spacial score (nSPS) is 17.1. The molecule has 0 atom stereocenters. The van der Waals surface area contributed by atoms with Crippen LogP contribution in [0.25, 0.3) is 0 Å². The van der Waals surface area contributed by atoms with E-state index in [9.17, 15) is 19.2 Å². The number of nitrogens with zero attached hydrogens (tertiary/aromatic N) is 2. The van der Waals surface area contributed by atoms with Crippen LogP contribution in [-0.4, -0.2) is 45.4 Å². The SMILES string of the molecule is CCCCNC(=O)c1cccc(N2C(=O)C(=C3SC(=S)N(c4cccc(C(=O)NCCCC)c4)C3=O)SC2=S)c1. The summed E-state index contributed by atoms with van der Waals surface area (Å²) < 4.78 is 0.499. The maximum Gasteiger partial charge on any atom is 0.272 e. The number of amides is 4. The highest BCUT2D eigenvalue weighted by Gasteiger charge is 2.43. The number of carbonyl (C=O) groups excluding carboxylic acids is 4. The Kier molecular flexibility index (Phi) is 10.1. The van der Waals surface area contributed by atoms with Gasteiger partial charge in [-0.2, -0.15) is 0 Å². The highest BCUT2D eigenvalue weighted by atomic mass is 32.2. The molecule has 0 aromatic heterocycles. The minimum Gasteiger partial charge on any atom is -0.352 e. The first-order chi connectivity index (χ1) is 19.3. The first kappa shape index (κ1) is 29.9. The quantitative estimate of drug-likeness (QED) is 0.210. The molecule has 2 heterocycles.